The van der Waals surface area contributed by atoms with Crippen molar-refractivity contribution in [1.29, 1.82) is 0 Å². The minimum Gasteiger partial charge on any atom is -0.394 e. The molecule has 0 radical (unpaired) electrons. The largest absolute Gasteiger partial charge is 0.416 e. The van der Waals surface area contributed by atoms with Crippen molar-refractivity contribution in [2.24, 2.45) is 0 Å². The van der Waals surface area contributed by atoms with Gasteiger partial charge in [0.05, 0.1) is 24.0 Å². The molecule has 1 aromatic heterocycles. The van der Waals surface area contributed by atoms with E-state index >= 15 is 0 Å². The van der Waals surface area contributed by atoms with Crippen molar-refractivity contribution in [1.82, 2.24) is 9.97 Å². The Morgan fingerprint density at radius 1 is 0.966 bits per heavy atom. The number of aromatic nitrogens is 2. The number of aliphatic hydroxyl groups excluding tert-OH is 2. The molecule has 152 valence electrons. The first-order chi connectivity index (χ1) is 13.8. The Kier molecular flexibility index (Phi) is 6.36. The van der Waals surface area contributed by atoms with Crippen LogP contribution in [0.4, 0.5) is 19.0 Å². The molecule has 0 aliphatic rings. The number of nitrogens with one attached hydrogen (secondary N) is 1. The van der Waals surface area contributed by atoms with Crippen LogP contribution in [-0.4, -0.2) is 39.4 Å². The lowest BCUT2D eigenvalue weighted by molar-refractivity contribution is -0.137. The van der Waals surface area contributed by atoms with Crippen LogP contribution in [0.15, 0.2) is 54.6 Å². The minimum atomic E-state index is -4.44. The van der Waals surface area contributed by atoms with Crippen LogP contribution in [0, 0.1) is 0 Å². The number of alkyl halides is 3. The van der Waals surface area contributed by atoms with Gasteiger partial charge < -0.3 is 15.5 Å². The number of anilines is 1. The Hall–Kier alpha value is -2.68. The van der Waals surface area contributed by atoms with Crippen LogP contribution < -0.4 is 5.32 Å². The van der Waals surface area contributed by atoms with Crippen LogP contribution in [0.3, 0.4) is 0 Å². The molecule has 0 aliphatic carbocycles. The number of rotatable bonds is 6. The quantitative estimate of drug-likeness (QED) is 0.552. The smallest absolute Gasteiger partial charge is 0.394 e. The molecule has 0 saturated carbocycles. The van der Waals surface area contributed by atoms with E-state index in [-0.39, 0.29) is 23.2 Å². The van der Waals surface area contributed by atoms with E-state index in [0.29, 0.717) is 16.8 Å². The van der Waals surface area contributed by atoms with Crippen molar-refractivity contribution >= 4 is 17.4 Å². The fraction of sp³-hybridized carbons (Fsp3) is 0.200. The van der Waals surface area contributed by atoms with Gasteiger partial charge >= 0.3 is 6.18 Å². The van der Waals surface area contributed by atoms with Gasteiger partial charge in [0.2, 0.25) is 0 Å². The van der Waals surface area contributed by atoms with Gasteiger partial charge in [0.25, 0.3) is 0 Å². The molecule has 1 atom stereocenters. The SMILES string of the molecule is OCC(O)CNc1nc(-c2ccc(C(F)(F)F)cc2)nc(-c2ccccc2)c1Cl. The van der Waals surface area contributed by atoms with E-state index in [9.17, 15) is 18.3 Å². The third kappa shape index (κ3) is 5.03. The van der Waals surface area contributed by atoms with Crippen molar-refractivity contribution in [2.45, 2.75) is 12.3 Å². The summed E-state index contributed by atoms with van der Waals surface area (Å²) in [6.45, 7) is -0.471. The van der Waals surface area contributed by atoms with Crippen molar-refractivity contribution in [3.05, 3.63) is 65.2 Å². The maximum atomic E-state index is 12.8. The van der Waals surface area contributed by atoms with Crippen molar-refractivity contribution in [3.63, 3.8) is 0 Å². The molecule has 5 nitrogen and oxygen atoms in total. The van der Waals surface area contributed by atoms with Gasteiger partial charge in [0.15, 0.2) is 5.82 Å². The van der Waals surface area contributed by atoms with E-state index in [1.54, 1.807) is 24.3 Å². The lowest BCUT2D eigenvalue weighted by Crippen LogP contribution is -2.23. The third-order valence-corrected chi connectivity index (χ3v) is 4.44. The first-order valence-corrected chi connectivity index (χ1v) is 9.00. The zero-order valence-corrected chi connectivity index (χ0v) is 15.7. The molecular weight excluding hydrogens is 407 g/mol. The Bertz CT molecular complexity index is 967. The van der Waals surface area contributed by atoms with Gasteiger partial charge in [-0.25, -0.2) is 9.97 Å². The zero-order valence-electron chi connectivity index (χ0n) is 15.0. The minimum absolute atomic E-state index is 0.0199. The highest BCUT2D eigenvalue weighted by Crippen LogP contribution is 2.35. The third-order valence-electron chi connectivity index (χ3n) is 4.08. The monoisotopic (exact) mass is 423 g/mol. The topological polar surface area (TPSA) is 78.3 Å². The van der Waals surface area contributed by atoms with E-state index in [4.69, 9.17) is 16.7 Å². The van der Waals surface area contributed by atoms with E-state index in [2.05, 4.69) is 15.3 Å². The molecule has 3 rings (SSSR count). The number of nitrogens with zero attached hydrogens (tertiary/aromatic N) is 2. The van der Waals surface area contributed by atoms with E-state index in [1.165, 1.54) is 12.1 Å². The number of benzene rings is 2. The molecule has 3 aromatic rings. The molecule has 0 fully saturated rings. The lowest BCUT2D eigenvalue weighted by atomic mass is 10.1. The Balaban J connectivity index is 2.06. The number of halogens is 4. The van der Waals surface area contributed by atoms with Crippen LogP contribution in [0.1, 0.15) is 5.56 Å². The predicted octanol–water partition coefficient (Wildman–Crippen LogP) is 4.25. The average Bonchev–Trinajstić information content (AvgIpc) is 2.73. The molecule has 0 aliphatic heterocycles. The van der Waals surface area contributed by atoms with Crippen LogP contribution in [0.2, 0.25) is 5.02 Å². The van der Waals surface area contributed by atoms with Gasteiger partial charge in [0.1, 0.15) is 10.8 Å². The van der Waals surface area contributed by atoms with Crippen molar-refractivity contribution < 1.29 is 23.4 Å². The molecule has 1 unspecified atom stereocenters. The van der Waals surface area contributed by atoms with Gasteiger partial charge in [-0.2, -0.15) is 13.2 Å². The summed E-state index contributed by atoms with van der Waals surface area (Å²) in [6, 6.07) is 13.5. The molecule has 1 heterocycles. The van der Waals surface area contributed by atoms with Gasteiger partial charge in [0, 0.05) is 17.7 Å². The lowest BCUT2D eigenvalue weighted by Gasteiger charge is -2.15. The van der Waals surface area contributed by atoms with Crippen LogP contribution in [0.25, 0.3) is 22.6 Å². The number of aliphatic hydroxyl groups is 2. The summed E-state index contributed by atoms with van der Waals surface area (Å²) in [6.07, 6.45) is -5.47. The molecule has 0 amide bonds. The second-order valence-electron chi connectivity index (χ2n) is 6.22. The van der Waals surface area contributed by atoms with Crippen LogP contribution >= 0.6 is 11.6 Å². The second-order valence-corrected chi connectivity index (χ2v) is 6.59. The summed E-state index contributed by atoms with van der Waals surface area (Å²) >= 11 is 6.43. The van der Waals surface area contributed by atoms with Crippen LogP contribution in [-0.2, 0) is 6.18 Å². The molecule has 2 aromatic carbocycles. The highest BCUT2D eigenvalue weighted by Gasteiger charge is 2.30. The van der Waals surface area contributed by atoms with Gasteiger partial charge in [-0.05, 0) is 12.1 Å². The highest BCUT2D eigenvalue weighted by atomic mass is 35.5. The molecule has 0 saturated heterocycles. The highest BCUT2D eigenvalue weighted by molar-refractivity contribution is 6.35. The summed E-state index contributed by atoms with van der Waals surface area (Å²) in [4.78, 5) is 8.73. The van der Waals surface area contributed by atoms with Crippen molar-refractivity contribution in [3.8, 4) is 22.6 Å². The predicted molar refractivity (Wildman–Crippen MR) is 104 cm³/mol. The fourth-order valence-electron chi connectivity index (χ4n) is 2.57. The standard InChI is InChI=1S/C20H17ClF3N3O2/c21-16-17(12-4-2-1-3-5-12)26-18(27-19(16)25-10-15(29)11-28)13-6-8-14(9-7-13)20(22,23)24/h1-9,15,28-29H,10-11H2,(H,25,26,27). The molecule has 0 spiro atoms. The molecule has 9 heteroatoms. The second kappa shape index (κ2) is 8.77. The summed E-state index contributed by atoms with van der Waals surface area (Å²) in [7, 11) is 0. The van der Waals surface area contributed by atoms with Gasteiger partial charge in [-0.1, -0.05) is 54.1 Å². The van der Waals surface area contributed by atoms with E-state index in [1.807, 2.05) is 6.07 Å². The first-order valence-electron chi connectivity index (χ1n) is 8.63. The Labute approximate surface area is 169 Å². The van der Waals surface area contributed by atoms with Gasteiger partial charge in [-0.3, -0.25) is 0 Å². The summed E-state index contributed by atoms with van der Waals surface area (Å²) in [5, 5.41) is 21.6. The van der Waals surface area contributed by atoms with Crippen LogP contribution in [0.5, 0.6) is 0 Å². The number of hydrogen-bond acceptors (Lipinski definition) is 5. The maximum absolute atomic E-state index is 12.8. The molecule has 0 bridgehead atoms. The zero-order chi connectivity index (χ0) is 21.0. The Morgan fingerprint density at radius 2 is 1.62 bits per heavy atom. The van der Waals surface area contributed by atoms with E-state index < -0.39 is 24.5 Å². The first kappa shape index (κ1) is 21.0. The maximum Gasteiger partial charge on any atom is 0.416 e. The average molecular weight is 424 g/mol. The summed E-state index contributed by atoms with van der Waals surface area (Å²) < 4.78 is 38.5. The molecular formula is C20H17ClF3N3O2. The summed E-state index contributed by atoms with van der Waals surface area (Å²) in [5.41, 5.74) is 0.678. The normalized spacial score (nSPS) is 12.6. The molecule has 29 heavy (non-hydrogen) atoms. The summed E-state index contributed by atoms with van der Waals surface area (Å²) in [5.74, 6) is 0.367. The Morgan fingerprint density at radius 3 is 2.21 bits per heavy atom. The molecule has 3 N–H and O–H groups in total. The fourth-order valence-corrected chi connectivity index (χ4v) is 2.83. The number of hydrogen-bond donors (Lipinski definition) is 3. The van der Waals surface area contributed by atoms with E-state index in [0.717, 1.165) is 12.1 Å². The van der Waals surface area contributed by atoms with Gasteiger partial charge in [-0.15, -0.1) is 0 Å². The van der Waals surface area contributed by atoms with Crippen molar-refractivity contribution in [2.75, 3.05) is 18.5 Å².